The lowest BCUT2D eigenvalue weighted by Crippen LogP contribution is -2.53. The van der Waals surface area contributed by atoms with E-state index in [0.29, 0.717) is 0 Å². The van der Waals surface area contributed by atoms with Crippen molar-refractivity contribution in [1.82, 2.24) is 0 Å². The third kappa shape index (κ3) is 5.13. The minimum absolute atomic E-state index is 0.0326. The number of rotatable bonds is 9. The van der Waals surface area contributed by atoms with Crippen LogP contribution in [0.4, 0.5) is 11.4 Å². The van der Waals surface area contributed by atoms with Crippen molar-refractivity contribution in [2.24, 2.45) is 16.3 Å². The van der Waals surface area contributed by atoms with Crippen LogP contribution in [-0.4, -0.2) is 30.9 Å². The molecular weight excluding hydrogens is 428 g/mol. The first-order chi connectivity index (χ1) is 17.0. The van der Waals surface area contributed by atoms with Crippen LogP contribution in [0.25, 0.3) is 6.08 Å². The van der Waals surface area contributed by atoms with Crippen molar-refractivity contribution in [3.8, 4) is 0 Å². The Balaban J connectivity index is 1.61. The number of nitrogens with two attached hydrogens (primary N) is 1. The number of para-hydroxylation sites is 1. The van der Waals surface area contributed by atoms with Crippen molar-refractivity contribution >= 4 is 23.2 Å². The van der Waals surface area contributed by atoms with Crippen LogP contribution in [0.5, 0.6) is 0 Å². The molecule has 0 saturated carbocycles. The van der Waals surface area contributed by atoms with Crippen molar-refractivity contribution < 1.29 is 0 Å². The van der Waals surface area contributed by atoms with E-state index in [0.717, 1.165) is 43.8 Å². The van der Waals surface area contributed by atoms with Crippen molar-refractivity contribution in [2.75, 3.05) is 23.0 Å². The summed E-state index contributed by atoms with van der Waals surface area (Å²) in [6.07, 6.45) is 14.1. The zero-order chi connectivity index (χ0) is 24.8. The fraction of sp³-hybridized carbons (Fsp3) is 0.387. The molecule has 4 heteroatoms. The maximum Gasteiger partial charge on any atom is 0.0690 e. The molecule has 2 aromatic carbocycles. The van der Waals surface area contributed by atoms with Gasteiger partial charge in [-0.2, -0.15) is 5.10 Å². The molecule has 0 saturated heterocycles. The van der Waals surface area contributed by atoms with Gasteiger partial charge in [-0.25, -0.2) is 0 Å². The molecule has 0 fully saturated rings. The maximum absolute atomic E-state index is 6.86. The van der Waals surface area contributed by atoms with E-state index < -0.39 is 0 Å². The highest BCUT2D eigenvalue weighted by molar-refractivity contribution is 6.01. The van der Waals surface area contributed by atoms with E-state index in [1.54, 1.807) is 0 Å². The van der Waals surface area contributed by atoms with Gasteiger partial charge in [0, 0.05) is 36.7 Å². The molecule has 0 amide bonds. The number of anilines is 2. The summed E-state index contributed by atoms with van der Waals surface area (Å²) in [4.78, 5) is 2.36. The number of allylic oxidation sites excluding steroid dienone is 3. The molecule has 35 heavy (non-hydrogen) atoms. The second-order valence-corrected chi connectivity index (χ2v) is 9.51. The van der Waals surface area contributed by atoms with Gasteiger partial charge in [-0.05, 0) is 62.6 Å². The molecule has 2 aromatic rings. The van der Waals surface area contributed by atoms with Gasteiger partial charge in [0.1, 0.15) is 0 Å². The average Bonchev–Trinajstić information content (AvgIpc) is 3.34. The summed E-state index contributed by atoms with van der Waals surface area (Å²) in [7, 11) is 0. The first-order valence-corrected chi connectivity index (χ1v) is 13.1. The van der Waals surface area contributed by atoms with Gasteiger partial charge in [-0.1, -0.05) is 74.1 Å². The minimum atomic E-state index is -0.168. The van der Waals surface area contributed by atoms with E-state index in [9.17, 15) is 0 Å². The molecular formula is C31H40N4. The first-order valence-electron chi connectivity index (χ1n) is 13.1. The summed E-state index contributed by atoms with van der Waals surface area (Å²) in [6, 6.07) is 19.4. The first kappa shape index (κ1) is 25.0. The van der Waals surface area contributed by atoms with Crippen LogP contribution < -0.4 is 15.6 Å². The molecule has 4 nitrogen and oxygen atoms in total. The molecule has 2 N–H and O–H groups in total. The number of nitrogens with zero attached hydrogens (tertiary/aromatic N) is 3. The molecule has 0 spiro atoms. The fourth-order valence-electron chi connectivity index (χ4n) is 5.42. The predicted octanol–water partition coefficient (Wildman–Crippen LogP) is 6.81. The number of hydrazone groups is 1. The van der Waals surface area contributed by atoms with Gasteiger partial charge in [-0.3, -0.25) is 5.01 Å². The van der Waals surface area contributed by atoms with E-state index in [-0.39, 0.29) is 17.5 Å². The van der Waals surface area contributed by atoms with Gasteiger partial charge >= 0.3 is 0 Å². The topological polar surface area (TPSA) is 44.9 Å². The smallest absolute Gasteiger partial charge is 0.0690 e. The van der Waals surface area contributed by atoms with E-state index in [1.165, 1.54) is 16.8 Å². The van der Waals surface area contributed by atoms with Crippen molar-refractivity contribution in [2.45, 2.75) is 59.0 Å². The van der Waals surface area contributed by atoms with Crippen LogP contribution in [0.3, 0.4) is 0 Å². The number of hydrogen-bond acceptors (Lipinski definition) is 4. The average molecular weight is 469 g/mol. The molecule has 3 unspecified atom stereocenters. The summed E-state index contributed by atoms with van der Waals surface area (Å²) in [5, 5.41) is 7.32. The standard InChI is InChI=1S/C31H40N4/c1-5-24-20-21-31(6-2,29(32)22-24)30-23-26(33-35(30)28-12-10-9-11-13-28)17-14-25-15-18-27(19-16-25)34(7-3)8-4/h9-22,29-30H,5-8,23,32H2,1-4H3. The summed E-state index contributed by atoms with van der Waals surface area (Å²) >= 11 is 0. The normalized spacial score (nSPS) is 24.1. The molecule has 2 aliphatic rings. The van der Waals surface area contributed by atoms with Crippen molar-refractivity contribution in [3.05, 3.63) is 90.0 Å². The quantitative estimate of drug-likeness (QED) is 0.440. The Morgan fingerprint density at radius 2 is 1.71 bits per heavy atom. The molecule has 0 aromatic heterocycles. The minimum Gasteiger partial charge on any atom is -0.372 e. The Bertz CT molecular complexity index is 1090. The highest BCUT2D eigenvalue weighted by Gasteiger charge is 2.47. The van der Waals surface area contributed by atoms with E-state index in [1.807, 2.05) is 0 Å². The Hall–Kier alpha value is -3.11. The molecule has 1 aliphatic heterocycles. The summed E-state index contributed by atoms with van der Waals surface area (Å²) < 4.78 is 0. The second-order valence-electron chi connectivity index (χ2n) is 9.51. The van der Waals surface area contributed by atoms with Crippen molar-refractivity contribution in [1.29, 1.82) is 0 Å². The van der Waals surface area contributed by atoms with Crippen LogP contribution in [-0.2, 0) is 0 Å². The van der Waals surface area contributed by atoms with Gasteiger partial charge in [0.25, 0.3) is 0 Å². The molecule has 184 valence electrons. The second kappa shape index (κ2) is 11.1. The SMILES string of the molecule is CCC1=CC(N)C(CC)(C2CC(C=Cc3ccc(N(CC)CC)cc3)=NN2c2ccccc2)C=C1. The zero-order valence-electron chi connectivity index (χ0n) is 21.7. The molecule has 4 rings (SSSR count). The lowest BCUT2D eigenvalue weighted by atomic mass is 9.67. The van der Waals surface area contributed by atoms with Crippen LogP contribution in [0, 0.1) is 5.41 Å². The molecule has 1 aliphatic carbocycles. The Kier molecular flexibility index (Phi) is 7.92. The van der Waals surface area contributed by atoms with Gasteiger partial charge < -0.3 is 10.6 Å². The predicted molar refractivity (Wildman–Crippen MR) is 152 cm³/mol. The molecule has 0 bridgehead atoms. The summed E-state index contributed by atoms with van der Waals surface area (Å²) in [5.41, 5.74) is 12.7. The summed E-state index contributed by atoms with van der Waals surface area (Å²) in [5.74, 6) is 0. The molecule has 1 heterocycles. The maximum atomic E-state index is 6.86. The number of hydrogen-bond donors (Lipinski definition) is 1. The van der Waals surface area contributed by atoms with Crippen molar-refractivity contribution in [3.63, 3.8) is 0 Å². The van der Waals surface area contributed by atoms with Crippen LogP contribution in [0.1, 0.15) is 52.5 Å². The highest BCUT2D eigenvalue weighted by Crippen LogP contribution is 2.44. The monoisotopic (exact) mass is 468 g/mol. The van der Waals surface area contributed by atoms with Gasteiger partial charge in [-0.15, -0.1) is 0 Å². The zero-order valence-corrected chi connectivity index (χ0v) is 21.7. The Morgan fingerprint density at radius 1 is 1.00 bits per heavy atom. The van der Waals surface area contributed by atoms with E-state index in [4.69, 9.17) is 10.8 Å². The third-order valence-corrected chi connectivity index (χ3v) is 7.71. The van der Waals surface area contributed by atoms with Gasteiger partial charge in [0.15, 0.2) is 0 Å². The van der Waals surface area contributed by atoms with Gasteiger partial charge in [0.05, 0.1) is 17.4 Å². The largest absolute Gasteiger partial charge is 0.372 e. The van der Waals surface area contributed by atoms with E-state index >= 15 is 0 Å². The summed E-state index contributed by atoms with van der Waals surface area (Å²) in [6.45, 7) is 10.9. The third-order valence-electron chi connectivity index (χ3n) is 7.71. The molecule has 3 atom stereocenters. The lowest BCUT2D eigenvalue weighted by Gasteiger charge is -2.45. The Morgan fingerprint density at radius 3 is 2.31 bits per heavy atom. The van der Waals surface area contributed by atoms with Gasteiger partial charge in [0.2, 0.25) is 0 Å². The van der Waals surface area contributed by atoms with E-state index in [2.05, 4.69) is 123 Å². The molecule has 0 radical (unpaired) electrons. The highest BCUT2D eigenvalue weighted by atomic mass is 15.5. The Labute approximate surface area is 211 Å². The van der Waals surface area contributed by atoms with Crippen LogP contribution in [0.15, 0.2) is 89.6 Å². The fourth-order valence-corrected chi connectivity index (χ4v) is 5.42. The number of benzene rings is 2. The van der Waals surface area contributed by atoms with Crippen LogP contribution >= 0.6 is 0 Å². The lowest BCUT2D eigenvalue weighted by molar-refractivity contribution is 0.256. The van der Waals surface area contributed by atoms with Crippen LogP contribution in [0.2, 0.25) is 0 Å².